The van der Waals surface area contributed by atoms with Crippen LogP contribution in [0.4, 0.5) is 0 Å². The van der Waals surface area contributed by atoms with Crippen LogP contribution in [0.5, 0.6) is 0 Å². The SMILES string of the molecule is O=C1CN(C(=O)c2cccc(-n3cccn3)n2)[C@@H]2CCCC[C@@H]2N1. The third kappa shape index (κ3) is 2.66. The number of piperazine rings is 1. The first kappa shape index (κ1) is 14.9. The third-order valence-corrected chi connectivity index (χ3v) is 4.74. The van der Waals surface area contributed by atoms with Gasteiger partial charge in [0.1, 0.15) is 12.2 Å². The molecule has 1 saturated carbocycles. The van der Waals surface area contributed by atoms with Crippen molar-refractivity contribution in [3.8, 4) is 5.82 Å². The second-order valence-corrected chi connectivity index (χ2v) is 6.29. The lowest BCUT2D eigenvalue weighted by atomic mass is 9.87. The van der Waals surface area contributed by atoms with Crippen LogP contribution in [-0.2, 0) is 4.79 Å². The summed E-state index contributed by atoms with van der Waals surface area (Å²) in [7, 11) is 0. The molecule has 2 atom stereocenters. The summed E-state index contributed by atoms with van der Waals surface area (Å²) in [6.07, 6.45) is 7.48. The summed E-state index contributed by atoms with van der Waals surface area (Å²) in [4.78, 5) is 31.1. The minimum Gasteiger partial charge on any atom is -0.350 e. The van der Waals surface area contributed by atoms with Gasteiger partial charge in [0.05, 0.1) is 6.04 Å². The van der Waals surface area contributed by atoms with Crippen molar-refractivity contribution in [2.75, 3.05) is 6.54 Å². The highest BCUT2D eigenvalue weighted by atomic mass is 16.2. The Labute approximate surface area is 139 Å². The first-order valence-electron chi connectivity index (χ1n) is 8.30. The predicted octanol–water partition coefficient (Wildman–Crippen LogP) is 1.15. The van der Waals surface area contributed by atoms with Crippen LogP contribution >= 0.6 is 0 Å². The molecule has 7 nitrogen and oxygen atoms in total. The average molecular weight is 325 g/mol. The molecule has 0 bridgehead atoms. The molecule has 7 heteroatoms. The van der Waals surface area contributed by atoms with Crippen LogP contribution in [0.15, 0.2) is 36.7 Å². The molecule has 1 aliphatic carbocycles. The number of fused-ring (bicyclic) bond motifs is 1. The zero-order chi connectivity index (χ0) is 16.5. The van der Waals surface area contributed by atoms with E-state index in [9.17, 15) is 9.59 Å². The molecule has 2 aliphatic rings. The van der Waals surface area contributed by atoms with Crippen molar-refractivity contribution in [1.82, 2.24) is 25.0 Å². The first-order chi connectivity index (χ1) is 11.7. The summed E-state index contributed by atoms with van der Waals surface area (Å²) in [5.41, 5.74) is 0.349. The average Bonchev–Trinajstić information content (AvgIpc) is 3.15. The zero-order valence-electron chi connectivity index (χ0n) is 13.3. The monoisotopic (exact) mass is 325 g/mol. The van der Waals surface area contributed by atoms with E-state index in [1.807, 2.05) is 0 Å². The highest BCUT2D eigenvalue weighted by molar-refractivity contribution is 5.96. The Kier molecular flexibility index (Phi) is 3.76. The summed E-state index contributed by atoms with van der Waals surface area (Å²) in [5, 5.41) is 7.16. The molecular weight excluding hydrogens is 306 g/mol. The zero-order valence-corrected chi connectivity index (χ0v) is 13.3. The van der Waals surface area contributed by atoms with Crippen LogP contribution in [0.3, 0.4) is 0 Å². The number of carbonyl (C=O) groups excluding carboxylic acids is 2. The molecule has 1 N–H and O–H groups in total. The van der Waals surface area contributed by atoms with Crippen molar-refractivity contribution in [3.05, 3.63) is 42.4 Å². The van der Waals surface area contributed by atoms with E-state index in [1.54, 1.807) is 46.2 Å². The molecule has 4 rings (SSSR count). The Hall–Kier alpha value is -2.70. The molecular formula is C17H19N5O2. The van der Waals surface area contributed by atoms with Gasteiger partial charge < -0.3 is 10.2 Å². The predicted molar refractivity (Wildman–Crippen MR) is 86.6 cm³/mol. The molecule has 124 valence electrons. The molecule has 0 spiro atoms. The minimum absolute atomic E-state index is 0.0678. The summed E-state index contributed by atoms with van der Waals surface area (Å²) in [6.45, 7) is 0.105. The van der Waals surface area contributed by atoms with E-state index >= 15 is 0 Å². The second-order valence-electron chi connectivity index (χ2n) is 6.29. The largest absolute Gasteiger partial charge is 0.350 e. The van der Waals surface area contributed by atoms with Gasteiger partial charge in [-0.1, -0.05) is 18.9 Å². The normalized spacial score (nSPS) is 23.5. The van der Waals surface area contributed by atoms with Gasteiger partial charge in [0.2, 0.25) is 5.91 Å². The fourth-order valence-corrected chi connectivity index (χ4v) is 3.62. The molecule has 24 heavy (non-hydrogen) atoms. The van der Waals surface area contributed by atoms with Gasteiger partial charge >= 0.3 is 0 Å². The number of hydrogen-bond acceptors (Lipinski definition) is 4. The number of rotatable bonds is 2. The van der Waals surface area contributed by atoms with E-state index in [0.29, 0.717) is 11.5 Å². The van der Waals surface area contributed by atoms with Crippen molar-refractivity contribution in [2.24, 2.45) is 0 Å². The van der Waals surface area contributed by atoms with Gasteiger partial charge in [-0.15, -0.1) is 0 Å². The van der Waals surface area contributed by atoms with E-state index in [4.69, 9.17) is 0 Å². The van der Waals surface area contributed by atoms with Gasteiger partial charge in [0.15, 0.2) is 5.82 Å². The smallest absolute Gasteiger partial charge is 0.273 e. The van der Waals surface area contributed by atoms with E-state index in [1.165, 1.54) is 0 Å². The van der Waals surface area contributed by atoms with Crippen molar-refractivity contribution in [2.45, 2.75) is 37.8 Å². The number of carbonyl (C=O) groups is 2. The number of nitrogens with one attached hydrogen (secondary N) is 1. The molecule has 0 radical (unpaired) electrons. The molecule has 2 aromatic rings. The molecule has 1 saturated heterocycles. The van der Waals surface area contributed by atoms with Crippen molar-refractivity contribution in [1.29, 1.82) is 0 Å². The standard InChI is InChI=1S/C17H19N5O2/c23-16-11-21(14-7-2-1-5-12(14)20-16)17(24)13-6-3-8-15(19-13)22-10-4-9-18-22/h3-4,6,8-10,12,14H,1-2,5,7,11H2,(H,20,23)/t12-,14+/m0/s1. The van der Waals surface area contributed by atoms with Gasteiger partial charge in [0.25, 0.3) is 5.91 Å². The lowest BCUT2D eigenvalue weighted by Gasteiger charge is -2.43. The number of pyridine rings is 1. The molecule has 0 aromatic carbocycles. The third-order valence-electron chi connectivity index (χ3n) is 4.74. The Morgan fingerprint density at radius 1 is 1.21 bits per heavy atom. The van der Waals surface area contributed by atoms with Crippen LogP contribution in [0.1, 0.15) is 36.2 Å². The van der Waals surface area contributed by atoms with Crippen molar-refractivity contribution in [3.63, 3.8) is 0 Å². The fourth-order valence-electron chi connectivity index (χ4n) is 3.62. The van der Waals surface area contributed by atoms with Gasteiger partial charge in [-0.2, -0.15) is 5.10 Å². The van der Waals surface area contributed by atoms with E-state index < -0.39 is 0 Å². The van der Waals surface area contributed by atoms with Crippen molar-refractivity contribution >= 4 is 11.8 Å². The maximum absolute atomic E-state index is 13.0. The van der Waals surface area contributed by atoms with Gasteiger partial charge in [-0.3, -0.25) is 9.59 Å². The number of aromatic nitrogens is 3. The minimum atomic E-state index is -0.184. The first-order valence-corrected chi connectivity index (χ1v) is 8.30. The molecule has 2 amide bonds. The van der Waals surface area contributed by atoms with Gasteiger partial charge in [-0.05, 0) is 31.0 Å². The Bertz CT molecular complexity index is 758. The van der Waals surface area contributed by atoms with Gasteiger partial charge in [-0.25, -0.2) is 9.67 Å². The number of amides is 2. The highest BCUT2D eigenvalue weighted by Gasteiger charge is 2.39. The number of hydrogen-bond donors (Lipinski definition) is 1. The Morgan fingerprint density at radius 2 is 2.08 bits per heavy atom. The molecule has 3 heterocycles. The van der Waals surface area contributed by atoms with E-state index in [-0.39, 0.29) is 30.4 Å². The van der Waals surface area contributed by atoms with E-state index in [0.717, 1.165) is 25.7 Å². The molecule has 2 fully saturated rings. The Balaban J connectivity index is 1.62. The summed E-state index contributed by atoms with van der Waals surface area (Å²) >= 11 is 0. The van der Waals surface area contributed by atoms with Crippen molar-refractivity contribution < 1.29 is 9.59 Å². The molecule has 1 aliphatic heterocycles. The maximum Gasteiger partial charge on any atom is 0.273 e. The van der Waals surface area contributed by atoms with Crippen LogP contribution < -0.4 is 5.32 Å². The highest BCUT2D eigenvalue weighted by Crippen LogP contribution is 2.26. The topological polar surface area (TPSA) is 80.1 Å². The number of nitrogens with zero attached hydrogens (tertiary/aromatic N) is 4. The summed E-state index contributed by atoms with van der Waals surface area (Å²) in [6, 6.07) is 7.23. The van der Waals surface area contributed by atoms with Crippen LogP contribution in [0.25, 0.3) is 5.82 Å². The van der Waals surface area contributed by atoms with Crippen LogP contribution in [0.2, 0.25) is 0 Å². The lowest BCUT2D eigenvalue weighted by Crippen LogP contribution is -2.63. The maximum atomic E-state index is 13.0. The molecule has 0 unspecified atom stereocenters. The summed E-state index contributed by atoms with van der Waals surface area (Å²) in [5.74, 6) is 0.318. The second kappa shape index (κ2) is 6.07. The van der Waals surface area contributed by atoms with Crippen LogP contribution in [-0.4, -0.2) is 50.1 Å². The lowest BCUT2D eigenvalue weighted by molar-refractivity contribution is -0.127. The van der Waals surface area contributed by atoms with Gasteiger partial charge in [0, 0.05) is 18.4 Å². The van der Waals surface area contributed by atoms with Crippen LogP contribution in [0, 0.1) is 0 Å². The van der Waals surface area contributed by atoms with E-state index in [2.05, 4.69) is 15.4 Å². The molecule has 2 aromatic heterocycles. The quantitative estimate of drug-likeness (QED) is 0.898. The summed E-state index contributed by atoms with van der Waals surface area (Å²) < 4.78 is 1.61. The Morgan fingerprint density at radius 3 is 2.92 bits per heavy atom. The fraction of sp³-hybridized carbons (Fsp3) is 0.412.